The molecule has 0 bridgehead atoms. The Balaban J connectivity index is 1.02. The summed E-state index contributed by atoms with van der Waals surface area (Å²) >= 11 is 6.39. The number of carbonyl (C=O) groups is 10. The first-order chi connectivity index (χ1) is 50.7. The number of esters is 2. The van der Waals surface area contributed by atoms with Crippen LogP contribution in [-0.2, 0) is 115 Å². The summed E-state index contributed by atoms with van der Waals surface area (Å²) < 4.78 is 66.6. The highest BCUT2D eigenvalue weighted by molar-refractivity contribution is 6.32. The van der Waals surface area contributed by atoms with Crippen LogP contribution in [0.3, 0.4) is 0 Å². The average molecular weight is 1510 g/mol. The number of rotatable bonds is 45. The smallest absolute Gasteiger partial charge is 0.407 e. The molecule has 1 saturated heterocycles. The maximum Gasteiger partial charge on any atom is 0.407 e. The lowest BCUT2D eigenvalue weighted by molar-refractivity contribution is -0.179. The molecule has 0 aliphatic carbocycles. The number of aliphatic carboxylic acids is 1. The standard InChI is InChI=1S/C75H108ClN7O23/c1-48(2)42-61-72(92)104-59(12-11-13-62(84)81-58(44-54-18-23-60(96-10)57(76)43-54)70(90)78-47-75(7,8)73(93)105-61)50(5)67-68(106-67)55-19-14-52(15-20-55)45-77-74(94)103-46-53-16-21-56(22-17-53)80-69(89)51(6)79-71(91)66(49(3)4)82-63(85)24-27-83(28-25-65(87)88)64(86)26-29-97-32-33-99-36-37-101-40-41-102-39-38-100-35-34-98-31-30-95-9/h11,13-23,43,48-51,58-59,61,66-68H,12,24-42,44-47H2,1-10H3,(H,77,94)(H,78,90)(H,79,91)(H,80,89)(H,81,84)(H,82,85)(H,87,88)/b13-11+/t50-,51-,58?,59-,61-,66-,67+,68+/m0/s1. The first-order valence-electron chi connectivity index (χ1n) is 35.8. The zero-order chi connectivity index (χ0) is 77.6. The summed E-state index contributed by atoms with van der Waals surface area (Å²) in [6.07, 6.45) is -1.11. The predicted octanol–water partition coefficient (Wildman–Crippen LogP) is 5.96. The largest absolute Gasteiger partial charge is 0.495 e. The summed E-state index contributed by atoms with van der Waals surface area (Å²) in [7, 11) is 3.09. The number of anilines is 1. The third-order valence-electron chi connectivity index (χ3n) is 16.9. The molecule has 1 fully saturated rings. The molecular formula is C75H108ClN7O23. The molecule has 2 aliphatic rings. The molecule has 2 aliphatic heterocycles. The number of benzene rings is 3. The van der Waals surface area contributed by atoms with Crippen molar-refractivity contribution in [2.24, 2.45) is 23.2 Å². The van der Waals surface area contributed by atoms with Gasteiger partial charge in [-0.3, -0.25) is 38.4 Å². The molecule has 3 aromatic rings. The Morgan fingerprint density at radius 3 is 1.86 bits per heavy atom. The van der Waals surface area contributed by atoms with Crippen LogP contribution in [0.1, 0.15) is 116 Å². The average Bonchev–Trinajstić information content (AvgIpc) is 1.62. The number of nitrogens with zero attached hydrogens (tertiary/aromatic N) is 1. The van der Waals surface area contributed by atoms with Crippen LogP contribution in [0.25, 0.3) is 0 Å². The summed E-state index contributed by atoms with van der Waals surface area (Å²) in [6.45, 7) is 18.2. The minimum Gasteiger partial charge on any atom is -0.495 e. The molecule has 31 heteroatoms. The third-order valence-corrected chi connectivity index (χ3v) is 17.2. The zero-order valence-corrected chi connectivity index (χ0v) is 63.3. The van der Waals surface area contributed by atoms with Gasteiger partial charge < -0.3 is 98.7 Å². The van der Waals surface area contributed by atoms with Gasteiger partial charge in [0, 0.05) is 64.2 Å². The molecule has 2 heterocycles. The number of epoxide rings is 1. The highest BCUT2D eigenvalue weighted by Gasteiger charge is 2.48. The number of carbonyl (C=O) groups excluding carboxylic acids is 9. The van der Waals surface area contributed by atoms with Crippen LogP contribution >= 0.6 is 11.6 Å². The van der Waals surface area contributed by atoms with Crippen molar-refractivity contribution in [2.45, 2.75) is 150 Å². The number of cyclic esters (lactones) is 2. The number of ether oxygens (including phenoxy) is 12. The van der Waals surface area contributed by atoms with Crippen LogP contribution < -0.4 is 36.6 Å². The van der Waals surface area contributed by atoms with E-state index < -0.39 is 113 Å². The quantitative estimate of drug-likeness (QED) is 0.0148. The Labute approximate surface area is 625 Å². The molecule has 8 atom stereocenters. The number of nitrogens with one attached hydrogen (secondary N) is 6. The van der Waals surface area contributed by atoms with Gasteiger partial charge >= 0.3 is 24.0 Å². The lowest BCUT2D eigenvalue weighted by Gasteiger charge is -2.29. The molecule has 0 saturated carbocycles. The van der Waals surface area contributed by atoms with Crippen molar-refractivity contribution >= 4 is 76.7 Å². The van der Waals surface area contributed by atoms with E-state index in [4.69, 9.17) is 68.4 Å². The molecule has 7 N–H and O–H groups in total. The van der Waals surface area contributed by atoms with Gasteiger partial charge in [0.25, 0.3) is 0 Å². The second kappa shape index (κ2) is 47.4. The first kappa shape index (κ1) is 88.3. The number of amides is 7. The van der Waals surface area contributed by atoms with E-state index in [-0.39, 0.29) is 103 Å². The van der Waals surface area contributed by atoms with Crippen LogP contribution in [0.5, 0.6) is 5.75 Å². The lowest BCUT2D eigenvalue weighted by Crippen LogP contribution is -2.54. The molecular weight excluding hydrogens is 1400 g/mol. The van der Waals surface area contributed by atoms with Gasteiger partial charge in [0.05, 0.1) is 122 Å². The summed E-state index contributed by atoms with van der Waals surface area (Å²) in [5.74, 6) is -6.38. The van der Waals surface area contributed by atoms with Crippen LogP contribution in [-0.4, -0.2) is 226 Å². The Bertz CT molecular complexity index is 3300. The molecule has 1 unspecified atom stereocenters. The predicted molar refractivity (Wildman–Crippen MR) is 388 cm³/mol. The molecule has 30 nitrogen and oxygen atoms in total. The van der Waals surface area contributed by atoms with Gasteiger partial charge in [0.15, 0.2) is 6.10 Å². The van der Waals surface area contributed by atoms with Crippen molar-refractivity contribution in [3.05, 3.63) is 106 Å². The SMILES string of the molecule is COCCOCCOCCOCCOCCOCCOCCC(=O)N(CCC(=O)O)CCC(=O)N[C@H](C(=O)N[C@@H](C)C(=O)Nc1ccc(COC(=O)NCc2ccc([C@H]3O[C@@H]3[C@@H](C)[C@@H]3C/C=C/C(=O)NC(Cc4ccc(OC)c(Cl)c4)C(=O)NCC(C)(C)C(=O)O[C@@H](CC(C)C)C(=O)O3)cc2)cc1)C(C)C. The van der Waals surface area contributed by atoms with E-state index in [1.807, 2.05) is 45.0 Å². The van der Waals surface area contributed by atoms with Crippen molar-refractivity contribution in [1.82, 2.24) is 31.5 Å². The summed E-state index contributed by atoms with van der Waals surface area (Å²) in [5, 5.41) is 26.0. The maximum atomic E-state index is 14.0. The van der Waals surface area contributed by atoms with Gasteiger partial charge in [-0.2, -0.15) is 0 Å². The topological polar surface area (TPSA) is 380 Å². The molecule has 106 heavy (non-hydrogen) atoms. The fourth-order valence-electron chi connectivity index (χ4n) is 10.6. The Morgan fingerprint density at radius 2 is 1.28 bits per heavy atom. The summed E-state index contributed by atoms with van der Waals surface area (Å²) in [6, 6.07) is 15.8. The second-order valence-electron chi connectivity index (χ2n) is 26.9. The molecule has 5 rings (SSSR count). The van der Waals surface area contributed by atoms with Gasteiger partial charge in [-0.15, -0.1) is 0 Å². The van der Waals surface area contributed by atoms with Crippen LogP contribution in [0, 0.1) is 23.2 Å². The van der Waals surface area contributed by atoms with Crippen molar-refractivity contribution in [3.8, 4) is 5.75 Å². The van der Waals surface area contributed by atoms with E-state index in [9.17, 15) is 53.1 Å². The Morgan fingerprint density at radius 1 is 0.698 bits per heavy atom. The molecule has 0 spiro atoms. The normalized spacial score (nSPS) is 18.7. The first-order valence-corrected chi connectivity index (χ1v) is 36.1. The Kier molecular flexibility index (Phi) is 39.5. The van der Waals surface area contributed by atoms with Crippen LogP contribution in [0.15, 0.2) is 78.9 Å². The minimum absolute atomic E-state index is 0.0338. The zero-order valence-electron chi connectivity index (χ0n) is 62.5. The van der Waals surface area contributed by atoms with E-state index in [1.54, 1.807) is 83.3 Å². The van der Waals surface area contributed by atoms with Crippen molar-refractivity contribution in [2.75, 3.05) is 125 Å². The monoisotopic (exact) mass is 1510 g/mol. The van der Waals surface area contributed by atoms with Gasteiger partial charge in [-0.25, -0.2) is 9.59 Å². The number of halogens is 1. The molecule has 3 aromatic carbocycles. The highest BCUT2D eigenvalue weighted by atomic mass is 35.5. The molecule has 7 amide bonds. The van der Waals surface area contributed by atoms with E-state index in [0.717, 1.165) is 11.1 Å². The van der Waals surface area contributed by atoms with Crippen LogP contribution in [0.2, 0.25) is 5.02 Å². The number of carboxylic acid groups (broad SMARTS) is 1. The fraction of sp³-hybridized carbons (Fsp3) is 0.600. The Hall–Kier alpha value is -8.33. The maximum absolute atomic E-state index is 14.0. The van der Waals surface area contributed by atoms with Crippen molar-refractivity contribution in [1.29, 1.82) is 0 Å². The van der Waals surface area contributed by atoms with Gasteiger partial charge in [0.2, 0.25) is 35.4 Å². The van der Waals surface area contributed by atoms with Gasteiger partial charge in [-0.1, -0.05) is 94.8 Å². The van der Waals surface area contributed by atoms with E-state index in [1.165, 1.54) is 25.0 Å². The lowest BCUT2D eigenvalue weighted by atomic mass is 9.92. The van der Waals surface area contributed by atoms with E-state index in [0.29, 0.717) is 93.7 Å². The summed E-state index contributed by atoms with van der Waals surface area (Å²) in [5.41, 5.74) is 1.93. The molecule has 0 aromatic heterocycles. The number of carboxylic acids is 1. The van der Waals surface area contributed by atoms with E-state index >= 15 is 0 Å². The third kappa shape index (κ3) is 33.2. The number of hydrogen-bond acceptors (Lipinski definition) is 22. The van der Waals surface area contributed by atoms with Gasteiger partial charge in [0.1, 0.15) is 42.7 Å². The number of hydrogen-bond donors (Lipinski definition) is 7. The fourth-order valence-corrected chi connectivity index (χ4v) is 10.9. The molecule has 0 radical (unpaired) electrons. The number of methoxy groups -OCH3 is 2. The van der Waals surface area contributed by atoms with Crippen molar-refractivity contribution in [3.63, 3.8) is 0 Å². The number of alkyl carbamates (subject to hydrolysis) is 1. The highest BCUT2D eigenvalue weighted by Crippen LogP contribution is 2.45. The van der Waals surface area contributed by atoms with Gasteiger partial charge in [-0.05, 0) is 91.6 Å². The van der Waals surface area contributed by atoms with Crippen molar-refractivity contribution < 1.29 is 110 Å². The second-order valence-corrected chi connectivity index (χ2v) is 27.3. The van der Waals surface area contributed by atoms with E-state index in [2.05, 4.69) is 31.9 Å². The summed E-state index contributed by atoms with van der Waals surface area (Å²) in [4.78, 5) is 134. The minimum atomic E-state index is -1.29. The molecule has 588 valence electrons. The van der Waals surface area contributed by atoms with Crippen LogP contribution in [0.4, 0.5) is 10.5 Å².